The van der Waals surface area contributed by atoms with E-state index in [1.807, 2.05) is 6.08 Å². The molecule has 1 aliphatic carbocycles. The number of allylic oxidation sites excluding steroid dienone is 1. The second-order valence-electron chi connectivity index (χ2n) is 5.63. The van der Waals surface area contributed by atoms with Gasteiger partial charge in [-0.05, 0) is 49.0 Å². The summed E-state index contributed by atoms with van der Waals surface area (Å²) in [6, 6.07) is 0. The van der Waals surface area contributed by atoms with Gasteiger partial charge in [0.1, 0.15) is 0 Å². The zero-order valence-electron chi connectivity index (χ0n) is 10.8. The van der Waals surface area contributed by atoms with Crippen LogP contribution in [0.2, 0.25) is 0 Å². The highest BCUT2D eigenvalue weighted by Gasteiger charge is 2.29. The fourth-order valence-electron chi connectivity index (χ4n) is 2.86. The number of carbonyl (C=O) groups is 1. The van der Waals surface area contributed by atoms with Crippen LogP contribution in [0.25, 0.3) is 0 Å². The van der Waals surface area contributed by atoms with Crippen molar-refractivity contribution in [2.75, 3.05) is 0 Å². The van der Waals surface area contributed by atoms with E-state index in [1.165, 1.54) is 12.8 Å². The molecule has 92 valence electrons. The van der Waals surface area contributed by atoms with E-state index in [-0.39, 0.29) is 0 Å². The molecule has 3 atom stereocenters. The van der Waals surface area contributed by atoms with E-state index in [4.69, 9.17) is 0 Å². The minimum Gasteiger partial charge on any atom is -0.545 e. The Balaban J connectivity index is 2.79. The van der Waals surface area contributed by atoms with Crippen LogP contribution in [0.4, 0.5) is 0 Å². The molecule has 3 unspecified atom stereocenters. The van der Waals surface area contributed by atoms with E-state index in [0.717, 1.165) is 6.42 Å². The van der Waals surface area contributed by atoms with Crippen molar-refractivity contribution in [2.24, 2.45) is 23.7 Å². The molecule has 0 heterocycles. The smallest absolute Gasteiger partial charge is 0.0668 e. The van der Waals surface area contributed by atoms with Gasteiger partial charge < -0.3 is 9.90 Å². The van der Waals surface area contributed by atoms with Crippen molar-refractivity contribution in [2.45, 2.75) is 47.0 Å². The Hall–Kier alpha value is -0.790. The molecule has 1 fully saturated rings. The highest BCUT2D eigenvalue weighted by molar-refractivity contribution is 5.83. The van der Waals surface area contributed by atoms with E-state index in [1.54, 1.807) is 6.92 Å². The molecule has 2 nitrogen and oxygen atoms in total. The van der Waals surface area contributed by atoms with Crippen LogP contribution in [0.3, 0.4) is 0 Å². The van der Waals surface area contributed by atoms with E-state index in [9.17, 15) is 9.90 Å². The molecule has 0 amide bonds. The SMILES string of the molecule is C/C(=C\C1CC(C)CCC1C(C)C)C(=O)[O-]. The lowest BCUT2D eigenvalue weighted by molar-refractivity contribution is -0.299. The first-order valence-electron chi connectivity index (χ1n) is 6.31. The van der Waals surface area contributed by atoms with Crippen LogP contribution in [0.1, 0.15) is 47.0 Å². The number of carboxylic acid groups (broad SMARTS) is 1. The van der Waals surface area contributed by atoms with Gasteiger partial charge >= 0.3 is 0 Å². The van der Waals surface area contributed by atoms with Gasteiger partial charge in [-0.1, -0.05) is 33.3 Å². The van der Waals surface area contributed by atoms with Crippen molar-refractivity contribution in [1.82, 2.24) is 0 Å². The molecule has 1 rings (SSSR count). The molecular formula is C14H23O2-. The summed E-state index contributed by atoms with van der Waals surface area (Å²) in [4.78, 5) is 10.8. The minimum atomic E-state index is -1.03. The Labute approximate surface area is 98.7 Å². The van der Waals surface area contributed by atoms with Crippen molar-refractivity contribution >= 4 is 5.97 Å². The minimum absolute atomic E-state index is 0.393. The van der Waals surface area contributed by atoms with Gasteiger partial charge in [0.05, 0.1) is 5.97 Å². The van der Waals surface area contributed by atoms with E-state index < -0.39 is 5.97 Å². The first-order valence-corrected chi connectivity index (χ1v) is 6.31. The van der Waals surface area contributed by atoms with Crippen LogP contribution in [0, 0.1) is 23.7 Å². The van der Waals surface area contributed by atoms with Gasteiger partial charge in [-0.15, -0.1) is 0 Å². The number of carbonyl (C=O) groups excluding carboxylic acids is 1. The molecule has 0 bridgehead atoms. The van der Waals surface area contributed by atoms with E-state index >= 15 is 0 Å². The molecule has 0 aromatic rings. The predicted molar refractivity (Wildman–Crippen MR) is 63.6 cm³/mol. The topological polar surface area (TPSA) is 40.1 Å². The van der Waals surface area contributed by atoms with Gasteiger partial charge in [-0.3, -0.25) is 0 Å². The lowest BCUT2D eigenvalue weighted by atomic mass is 9.69. The van der Waals surface area contributed by atoms with Crippen LogP contribution < -0.4 is 5.11 Å². The summed E-state index contributed by atoms with van der Waals surface area (Å²) in [5, 5.41) is 10.8. The summed E-state index contributed by atoms with van der Waals surface area (Å²) in [6.07, 6.45) is 5.54. The number of hydrogen-bond donors (Lipinski definition) is 0. The second kappa shape index (κ2) is 5.51. The summed E-state index contributed by atoms with van der Waals surface area (Å²) in [6.45, 7) is 8.36. The van der Waals surface area contributed by atoms with E-state index in [2.05, 4.69) is 20.8 Å². The Morgan fingerprint density at radius 3 is 2.50 bits per heavy atom. The van der Waals surface area contributed by atoms with Crippen LogP contribution in [0.15, 0.2) is 11.6 Å². The summed E-state index contributed by atoms with van der Waals surface area (Å²) in [5.74, 6) is 1.36. The van der Waals surface area contributed by atoms with Crippen LogP contribution in [-0.4, -0.2) is 5.97 Å². The molecule has 0 aromatic heterocycles. The van der Waals surface area contributed by atoms with Gasteiger partial charge in [0.15, 0.2) is 0 Å². The van der Waals surface area contributed by atoms with Gasteiger partial charge in [0.2, 0.25) is 0 Å². The zero-order chi connectivity index (χ0) is 12.3. The molecule has 0 N–H and O–H groups in total. The molecular weight excluding hydrogens is 200 g/mol. The average Bonchev–Trinajstić information content (AvgIpc) is 2.16. The molecule has 1 saturated carbocycles. The fraction of sp³-hybridized carbons (Fsp3) is 0.786. The third-order valence-corrected chi connectivity index (χ3v) is 3.86. The molecule has 2 heteroatoms. The maximum atomic E-state index is 10.8. The first kappa shape index (κ1) is 13.3. The maximum Gasteiger partial charge on any atom is 0.0668 e. The fourth-order valence-corrected chi connectivity index (χ4v) is 2.86. The summed E-state index contributed by atoms with van der Waals surface area (Å²) >= 11 is 0. The second-order valence-corrected chi connectivity index (χ2v) is 5.63. The predicted octanol–water partition coefficient (Wildman–Crippen LogP) is 2.39. The van der Waals surface area contributed by atoms with Crippen molar-refractivity contribution in [3.05, 3.63) is 11.6 Å². The summed E-state index contributed by atoms with van der Waals surface area (Å²) in [7, 11) is 0. The monoisotopic (exact) mass is 223 g/mol. The van der Waals surface area contributed by atoms with Crippen molar-refractivity contribution in [3.8, 4) is 0 Å². The van der Waals surface area contributed by atoms with Gasteiger partial charge in [-0.2, -0.15) is 0 Å². The van der Waals surface area contributed by atoms with E-state index in [0.29, 0.717) is 29.2 Å². The molecule has 0 aromatic carbocycles. The average molecular weight is 223 g/mol. The Kier molecular flexibility index (Phi) is 4.57. The third-order valence-electron chi connectivity index (χ3n) is 3.86. The Morgan fingerprint density at radius 2 is 2.00 bits per heavy atom. The Morgan fingerprint density at radius 1 is 1.38 bits per heavy atom. The molecule has 0 radical (unpaired) electrons. The normalized spacial score (nSPS) is 31.8. The van der Waals surface area contributed by atoms with Crippen LogP contribution in [0.5, 0.6) is 0 Å². The maximum absolute atomic E-state index is 10.8. The molecule has 0 spiro atoms. The van der Waals surface area contributed by atoms with Crippen molar-refractivity contribution in [3.63, 3.8) is 0 Å². The van der Waals surface area contributed by atoms with Gasteiger partial charge in [0, 0.05) is 0 Å². The highest BCUT2D eigenvalue weighted by Crippen LogP contribution is 2.39. The number of aliphatic carboxylic acids is 1. The van der Waals surface area contributed by atoms with Gasteiger partial charge in [0.25, 0.3) is 0 Å². The summed E-state index contributed by atoms with van der Waals surface area (Å²) in [5.41, 5.74) is 0.393. The Bertz CT molecular complexity index is 278. The molecule has 0 saturated heterocycles. The first-order chi connectivity index (χ1) is 7.41. The highest BCUT2D eigenvalue weighted by atomic mass is 16.4. The van der Waals surface area contributed by atoms with Crippen LogP contribution in [-0.2, 0) is 4.79 Å². The quantitative estimate of drug-likeness (QED) is 0.689. The standard InChI is InChI=1S/C14H24O2/c1-9(2)13-6-5-10(3)7-12(13)8-11(4)14(15)16/h8-10,12-13H,5-7H2,1-4H3,(H,15,16)/p-1/b11-8+. The molecule has 16 heavy (non-hydrogen) atoms. The van der Waals surface area contributed by atoms with Gasteiger partial charge in [-0.25, -0.2) is 0 Å². The van der Waals surface area contributed by atoms with Crippen LogP contribution >= 0.6 is 0 Å². The van der Waals surface area contributed by atoms with Crippen molar-refractivity contribution < 1.29 is 9.90 Å². The molecule has 1 aliphatic rings. The lowest BCUT2D eigenvalue weighted by Crippen LogP contribution is -2.29. The third kappa shape index (κ3) is 3.36. The number of hydrogen-bond acceptors (Lipinski definition) is 2. The largest absolute Gasteiger partial charge is 0.545 e. The molecule has 0 aliphatic heterocycles. The number of rotatable bonds is 3. The summed E-state index contributed by atoms with van der Waals surface area (Å²) < 4.78 is 0. The lowest BCUT2D eigenvalue weighted by Gasteiger charge is -2.36. The zero-order valence-corrected chi connectivity index (χ0v) is 10.8. The number of carboxylic acids is 1. The van der Waals surface area contributed by atoms with Crippen molar-refractivity contribution in [1.29, 1.82) is 0 Å².